The van der Waals surface area contributed by atoms with Gasteiger partial charge in [-0.2, -0.15) is 0 Å². The monoisotopic (exact) mass is 413 g/mol. The number of benzene rings is 1. The SMILES string of the molecule is Clc1sc(-c2ccc(Br)cc2)nc1CI. The Balaban J connectivity index is 2.41. The van der Waals surface area contributed by atoms with Gasteiger partial charge in [0.15, 0.2) is 0 Å². The molecule has 0 spiro atoms. The van der Waals surface area contributed by atoms with E-state index in [1.807, 2.05) is 24.3 Å². The summed E-state index contributed by atoms with van der Waals surface area (Å²) in [7, 11) is 0. The lowest BCUT2D eigenvalue weighted by atomic mass is 10.2. The van der Waals surface area contributed by atoms with E-state index in [2.05, 4.69) is 43.5 Å². The van der Waals surface area contributed by atoms with Gasteiger partial charge in [-0.05, 0) is 12.1 Å². The molecule has 0 amide bonds. The van der Waals surface area contributed by atoms with Crippen molar-refractivity contribution in [3.05, 3.63) is 38.8 Å². The maximum atomic E-state index is 6.07. The van der Waals surface area contributed by atoms with Crippen LogP contribution in [0.4, 0.5) is 0 Å². The average molecular weight is 414 g/mol. The molecule has 0 N–H and O–H groups in total. The van der Waals surface area contributed by atoms with Crippen molar-refractivity contribution in [1.29, 1.82) is 0 Å². The van der Waals surface area contributed by atoms with E-state index in [0.717, 1.165) is 29.5 Å². The van der Waals surface area contributed by atoms with Crippen LogP contribution < -0.4 is 0 Å². The maximum absolute atomic E-state index is 6.07. The summed E-state index contributed by atoms with van der Waals surface area (Å²) < 4.78 is 2.72. The minimum atomic E-state index is 0.794. The lowest BCUT2D eigenvalue weighted by Gasteiger charge is -1.95. The summed E-state index contributed by atoms with van der Waals surface area (Å²) >= 11 is 13.3. The third kappa shape index (κ3) is 2.72. The molecule has 0 atom stereocenters. The van der Waals surface area contributed by atoms with Crippen molar-refractivity contribution in [3.8, 4) is 10.6 Å². The number of alkyl halides is 1. The Bertz CT molecular complexity index is 469. The standard InChI is InChI=1S/C10H6BrClINS/c11-7-3-1-6(2-4-7)10-14-8(5-13)9(12)15-10/h1-4H,5H2. The first-order chi connectivity index (χ1) is 7.20. The normalized spacial score (nSPS) is 10.6. The van der Waals surface area contributed by atoms with Gasteiger partial charge in [0.25, 0.3) is 0 Å². The molecule has 2 aromatic rings. The number of hydrogen-bond acceptors (Lipinski definition) is 2. The largest absolute Gasteiger partial charge is 0.239 e. The van der Waals surface area contributed by atoms with Gasteiger partial charge in [-0.1, -0.05) is 62.3 Å². The van der Waals surface area contributed by atoms with Crippen molar-refractivity contribution in [3.63, 3.8) is 0 Å². The molecule has 1 heterocycles. The second kappa shape index (κ2) is 5.12. The van der Waals surface area contributed by atoms with Gasteiger partial charge in [0.05, 0.1) is 5.69 Å². The summed E-state index contributed by atoms with van der Waals surface area (Å²) in [5, 5.41) is 0.985. The predicted molar refractivity (Wildman–Crippen MR) is 78.0 cm³/mol. The lowest BCUT2D eigenvalue weighted by Crippen LogP contribution is -1.79. The molecule has 1 nitrogen and oxygen atoms in total. The first kappa shape index (κ1) is 11.8. The second-order valence-corrected chi connectivity index (χ2v) is 6.16. The number of nitrogens with zero attached hydrogens (tertiary/aromatic N) is 1. The molecule has 0 radical (unpaired) electrons. The van der Waals surface area contributed by atoms with Crippen LogP contribution >= 0.6 is 61.5 Å². The Morgan fingerprint density at radius 1 is 1.33 bits per heavy atom. The molecule has 0 bridgehead atoms. The van der Waals surface area contributed by atoms with Gasteiger partial charge in [-0.25, -0.2) is 4.98 Å². The highest BCUT2D eigenvalue weighted by molar-refractivity contribution is 14.1. The minimum absolute atomic E-state index is 0.794. The highest BCUT2D eigenvalue weighted by atomic mass is 127. The highest BCUT2D eigenvalue weighted by Crippen LogP contribution is 2.33. The third-order valence-corrected chi connectivity index (χ3v) is 4.50. The van der Waals surface area contributed by atoms with Gasteiger partial charge < -0.3 is 0 Å². The van der Waals surface area contributed by atoms with Crippen LogP contribution in [0.1, 0.15) is 5.69 Å². The number of halogens is 3. The van der Waals surface area contributed by atoms with E-state index in [4.69, 9.17) is 11.6 Å². The van der Waals surface area contributed by atoms with E-state index in [0.29, 0.717) is 0 Å². The Morgan fingerprint density at radius 3 is 2.53 bits per heavy atom. The molecule has 0 saturated heterocycles. The Morgan fingerprint density at radius 2 is 2.00 bits per heavy atom. The average Bonchev–Trinajstić information content (AvgIpc) is 2.61. The van der Waals surface area contributed by atoms with Crippen LogP contribution in [0.5, 0.6) is 0 Å². The molecule has 1 aromatic heterocycles. The first-order valence-corrected chi connectivity index (χ1v) is 7.69. The number of hydrogen-bond donors (Lipinski definition) is 0. The third-order valence-electron chi connectivity index (χ3n) is 1.87. The molecule has 0 unspecified atom stereocenters. The molecule has 2 rings (SSSR count). The van der Waals surface area contributed by atoms with Crippen LogP contribution in [0.3, 0.4) is 0 Å². The van der Waals surface area contributed by atoms with Crippen molar-refractivity contribution in [1.82, 2.24) is 4.98 Å². The summed E-state index contributed by atoms with van der Waals surface area (Å²) in [4.78, 5) is 4.49. The van der Waals surface area contributed by atoms with Gasteiger partial charge in [0, 0.05) is 14.5 Å². The molecule has 0 aliphatic carbocycles. The minimum Gasteiger partial charge on any atom is -0.239 e. The number of rotatable bonds is 2. The zero-order valence-corrected chi connectivity index (χ0v) is 12.8. The summed E-state index contributed by atoms with van der Waals surface area (Å²) in [5.74, 6) is 0. The van der Waals surface area contributed by atoms with Crippen LogP contribution in [0, 0.1) is 0 Å². The molecule has 0 aliphatic rings. The van der Waals surface area contributed by atoms with Crippen LogP contribution in [-0.4, -0.2) is 4.98 Å². The zero-order chi connectivity index (χ0) is 10.8. The van der Waals surface area contributed by atoms with Crippen LogP contribution in [0.25, 0.3) is 10.6 Å². The van der Waals surface area contributed by atoms with Crippen LogP contribution in [-0.2, 0) is 4.43 Å². The summed E-state index contributed by atoms with van der Waals surface area (Å²) in [6.45, 7) is 0. The molecule has 0 saturated carbocycles. The zero-order valence-electron chi connectivity index (χ0n) is 7.51. The smallest absolute Gasteiger partial charge is 0.125 e. The summed E-state index contributed by atoms with van der Waals surface area (Å²) in [6, 6.07) is 8.09. The van der Waals surface area contributed by atoms with Crippen LogP contribution in [0.2, 0.25) is 4.34 Å². The van der Waals surface area contributed by atoms with E-state index in [-0.39, 0.29) is 0 Å². The van der Waals surface area contributed by atoms with Gasteiger partial charge in [-0.15, -0.1) is 11.3 Å². The lowest BCUT2D eigenvalue weighted by molar-refractivity contribution is 1.26. The Kier molecular flexibility index (Phi) is 4.04. The van der Waals surface area contributed by atoms with E-state index >= 15 is 0 Å². The summed E-state index contributed by atoms with van der Waals surface area (Å²) in [5.41, 5.74) is 2.08. The van der Waals surface area contributed by atoms with Crippen molar-refractivity contribution < 1.29 is 0 Å². The predicted octanol–water partition coefficient (Wildman–Crippen LogP) is 5.16. The van der Waals surface area contributed by atoms with Crippen molar-refractivity contribution in [2.75, 3.05) is 0 Å². The summed E-state index contributed by atoms with van der Waals surface area (Å²) in [6.07, 6.45) is 0. The number of thiazole rings is 1. The molecular weight excluding hydrogens is 408 g/mol. The fourth-order valence-corrected chi connectivity index (χ4v) is 3.58. The molecule has 5 heteroatoms. The van der Waals surface area contributed by atoms with Gasteiger partial charge in [-0.3, -0.25) is 0 Å². The molecule has 1 aromatic carbocycles. The number of aromatic nitrogens is 1. The Hall–Kier alpha value is 0.350. The topological polar surface area (TPSA) is 12.9 Å². The van der Waals surface area contributed by atoms with Gasteiger partial charge >= 0.3 is 0 Å². The Labute approximate surface area is 119 Å². The fourth-order valence-electron chi connectivity index (χ4n) is 1.13. The van der Waals surface area contributed by atoms with Crippen molar-refractivity contribution in [2.45, 2.75) is 4.43 Å². The van der Waals surface area contributed by atoms with E-state index in [1.54, 1.807) is 0 Å². The van der Waals surface area contributed by atoms with E-state index in [1.165, 1.54) is 11.3 Å². The first-order valence-electron chi connectivity index (χ1n) is 4.18. The maximum Gasteiger partial charge on any atom is 0.125 e. The molecular formula is C10H6BrClINS. The quantitative estimate of drug-likeness (QED) is 0.489. The van der Waals surface area contributed by atoms with Crippen molar-refractivity contribution >= 4 is 61.5 Å². The molecule has 0 aliphatic heterocycles. The van der Waals surface area contributed by atoms with Gasteiger partial charge in [0.2, 0.25) is 0 Å². The van der Waals surface area contributed by atoms with Crippen LogP contribution in [0.15, 0.2) is 28.7 Å². The molecule has 78 valence electrons. The van der Waals surface area contributed by atoms with E-state index < -0.39 is 0 Å². The van der Waals surface area contributed by atoms with E-state index in [9.17, 15) is 0 Å². The fraction of sp³-hybridized carbons (Fsp3) is 0.100. The second-order valence-electron chi connectivity index (χ2n) is 2.88. The van der Waals surface area contributed by atoms with Gasteiger partial charge in [0.1, 0.15) is 9.34 Å². The molecule has 15 heavy (non-hydrogen) atoms. The molecule has 0 fully saturated rings. The highest BCUT2D eigenvalue weighted by Gasteiger charge is 2.09. The van der Waals surface area contributed by atoms with Crippen molar-refractivity contribution in [2.24, 2.45) is 0 Å².